The molecule has 0 spiro atoms. The van der Waals surface area contributed by atoms with E-state index in [1.807, 2.05) is 18.2 Å². The Bertz CT molecular complexity index is 709. The van der Waals surface area contributed by atoms with Crippen LogP contribution in [0.3, 0.4) is 0 Å². The van der Waals surface area contributed by atoms with E-state index in [1.165, 1.54) is 11.1 Å². The number of aliphatic hydroxyl groups is 1. The van der Waals surface area contributed by atoms with Gasteiger partial charge in [0.25, 0.3) is 0 Å². The van der Waals surface area contributed by atoms with Gasteiger partial charge in [-0.05, 0) is 37.1 Å². The van der Waals surface area contributed by atoms with Crippen LogP contribution in [-0.2, 0) is 0 Å². The average molecular weight is 340 g/mol. The summed E-state index contributed by atoms with van der Waals surface area (Å²) in [6, 6.07) is 14.4. The van der Waals surface area contributed by atoms with Gasteiger partial charge in [0, 0.05) is 32.7 Å². The Hall–Kier alpha value is -2.04. The first-order valence-electron chi connectivity index (χ1n) is 8.94. The smallest absolute Gasteiger partial charge is 0.142 e. The highest BCUT2D eigenvalue weighted by molar-refractivity contribution is 5.58. The maximum atomic E-state index is 10.6. The summed E-state index contributed by atoms with van der Waals surface area (Å²) in [7, 11) is 1.72. The molecule has 1 fully saturated rings. The van der Waals surface area contributed by atoms with Crippen LogP contribution in [0.25, 0.3) is 0 Å². The predicted octanol–water partition coefficient (Wildman–Crippen LogP) is 3.17. The number of hydrogen-bond acceptors (Lipinski definition) is 4. The zero-order chi connectivity index (χ0) is 17.8. The summed E-state index contributed by atoms with van der Waals surface area (Å²) in [6.45, 7) is 8.62. The first-order chi connectivity index (χ1) is 12.1. The Labute approximate surface area is 150 Å². The molecule has 1 N–H and O–H groups in total. The van der Waals surface area contributed by atoms with Crippen molar-refractivity contribution in [2.24, 2.45) is 0 Å². The molecule has 134 valence electrons. The highest BCUT2D eigenvalue weighted by atomic mass is 16.5. The Morgan fingerprint density at radius 3 is 2.44 bits per heavy atom. The minimum atomic E-state index is -0.432. The normalized spacial score (nSPS) is 16.7. The molecule has 4 nitrogen and oxygen atoms in total. The highest BCUT2D eigenvalue weighted by Crippen LogP contribution is 2.28. The van der Waals surface area contributed by atoms with Crippen LogP contribution in [0.1, 0.15) is 22.8 Å². The van der Waals surface area contributed by atoms with Gasteiger partial charge in [0.2, 0.25) is 0 Å². The van der Waals surface area contributed by atoms with E-state index in [2.05, 4.69) is 47.9 Å². The number of hydrogen-bond donors (Lipinski definition) is 1. The van der Waals surface area contributed by atoms with Crippen molar-refractivity contribution in [1.29, 1.82) is 0 Å². The predicted molar refractivity (Wildman–Crippen MR) is 103 cm³/mol. The molecule has 0 bridgehead atoms. The van der Waals surface area contributed by atoms with Gasteiger partial charge in [0.1, 0.15) is 5.75 Å². The van der Waals surface area contributed by atoms with Gasteiger partial charge in [-0.1, -0.05) is 35.9 Å². The summed E-state index contributed by atoms with van der Waals surface area (Å²) in [5.74, 6) is 0.922. The van der Waals surface area contributed by atoms with E-state index < -0.39 is 6.10 Å². The van der Waals surface area contributed by atoms with E-state index in [0.717, 1.165) is 43.2 Å². The molecule has 1 aliphatic rings. The van der Waals surface area contributed by atoms with Gasteiger partial charge in [-0.15, -0.1) is 0 Å². The van der Waals surface area contributed by atoms with E-state index in [-0.39, 0.29) is 0 Å². The Morgan fingerprint density at radius 1 is 1.04 bits per heavy atom. The maximum absolute atomic E-state index is 10.6. The quantitative estimate of drug-likeness (QED) is 0.907. The first-order valence-corrected chi connectivity index (χ1v) is 8.94. The largest absolute Gasteiger partial charge is 0.495 e. The van der Waals surface area contributed by atoms with Gasteiger partial charge in [-0.3, -0.25) is 4.90 Å². The number of benzene rings is 2. The minimum Gasteiger partial charge on any atom is -0.495 e. The van der Waals surface area contributed by atoms with Gasteiger partial charge in [0.15, 0.2) is 0 Å². The van der Waals surface area contributed by atoms with Gasteiger partial charge in [0.05, 0.1) is 18.9 Å². The summed E-state index contributed by atoms with van der Waals surface area (Å²) in [6.07, 6.45) is -0.432. The molecular weight excluding hydrogens is 312 g/mol. The van der Waals surface area contributed by atoms with Crippen molar-refractivity contribution >= 4 is 5.69 Å². The zero-order valence-electron chi connectivity index (χ0n) is 15.4. The molecule has 1 aliphatic heterocycles. The molecule has 0 aromatic heterocycles. The van der Waals surface area contributed by atoms with Gasteiger partial charge < -0.3 is 14.7 Å². The van der Waals surface area contributed by atoms with Crippen molar-refractivity contribution in [2.75, 3.05) is 44.7 Å². The molecule has 0 amide bonds. The highest BCUT2D eigenvalue weighted by Gasteiger charge is 2.22. The number of piperazine rings is 1. The standard InChI is InChI=1S/C21H28N2O2/c1-16-8-9-18(17(2)14-16)20(24)15-22-10-12-23(13-11-22)19-6-4-5-7-21(19)25-3/h4-9,14,20,24H,10-13,15H2,1-3H3/t20-/m1/s1. The lowest BCUT2D eigenvalue weighted by molar-refractivity contribution is 0.109. The van der Waals surface area contributed by atoms with E-state index in [4.69, 9.17) is 4.74 Å². The number of aliphatic hydroxyl groups excluding tert-OH is 1. The maximum Gasteiger partial charge on any atom is 0.142 e. The molecule has 4 heteroatoms. The Morgan fingerprint density at radius 2 is 1.76 bits per heavy atom. The zero-order valence-corrected chi connectivity index (χ0v) is 15.4. The van der Waals surface area contributed by atoms with Crippen molar-refractivity contribution in [2.45, 2.75) is 20.0 Å². The van der Waals surface area contributed by atoms with E-state index in [0.29, 0.717) is 6.54 Å². The third-order valence-corrected chi connectivity index (χ3v) is 5.01. The molecule has 2 aromatic carbocycles. The van der Waals surface area contributed by atoms with Crippen molar-refractivity contribution in [1.82, 2.24) is 4.90 Å². The molecule has 1 atom stereocenters. The monoisotopic (exact) mass is 340 g/mol. The van der Waals surface area contributed by atoms with Crippen LogP contribution in [0.2, 0.25) is 0 Å². The number of β-amino-alcohol motifs (C(OH)–C–C–N with tert-alkyl or cyclic N) is 1. The van der Waals surface area contributed by atoms with Crippen LogP contribution < -0.4 is 9.64 Å². The topological polar surface area (TPSA) is 35.9 Å². The molecule has 1 saturated heterocycles. The van der Waals surface area contributed by atoms with Gasteiger partial charge in [-0.25, -0.2) is 0 Å². The summed E-state index contributed by atoms with van der Waals surface area (Å²) in [5.41, 5.74) is 4.59. The van der Waals surface area contributed by atoms with Crippen LogP contribution in [0, 0.1) is 13.8 Å². The molecule has 1 heterocycles. The second-order valence-corrected chi connectivity index (χ2v) is 6.84. The van der Waals surface area contributed by atoms with E-state index in [9.17, 15) is 5.11 Å². The number of aryl methyl sites for hydroxylation is 2. The molecule has 0 unspecified atom stereocenters. The molecule has 0 aliphatic carbocycles. The second-order valence-electron chi connectivity index (χ2n) is 6.84. The summed E-state index contributed by atoms with van der Waals surface area (Å²) in [5, 5.41) is 10.6. The summed E-state index contributed by atoms with van der Waals surface area (Å²) < 4.78 is 5.48. The molecule has 0 radical (unpaired) electrons. The van der Waals surface area contributed by atoms with Crippen molar-refractivity contribution in [3.63, 3.8) is 0 Å². The van der Waals surface area contributed by atoms with Crippen molar-refractivity contribution in [3.8, 4) is 5.75 Å². The fourth-order valence-electron chi connectivity index (χ4n) is 3.60. The SMILES string of the molecule is COc1ccccc1N1CCN(C[C@@H](O)c2ccc(C)cc2C)CC1. The molecular formula is C21H28N2O2. The van der Waals surface area contributed by atoms with Crippen LogP contribution in [-0.4, -0.2) is 49.8 Å². The lowest BCUT2D eigenvalue weighted by Gasteiger charge is -2.37. The number of ether oxygens (including phenoxy) is 1. The number of anilines is 1. The fraction of sp³-hybridized carbons (Fsp3) is 0.429. The first kappa shape index (κ1) is 17.8. The number of methoxy groups -OCH3 is 1. The third-order valence-electron chi connectivity index (χ3n) is 5.01. The van der Waals surface area contributed by atoms with Crippen LogP contribution in [0.15, 0.2) is 42.5 Å². The molecule has 3 rings (SSSR count). The lowest BCUT2D eigenvalue weighted by atomic mass is 10.0. The third kappa shape index (κ3) is 4.14. The van der Waals surface area contributed by atoms with E-state index >= 15 is 0 Å². The summed E-state index contributed by atoms with van der Waals surface area (Å²) >= 11 is 0. The minimum absolute atomic E-state index is 0.432. The number of para-hydroxylation sites is 2. The Balaban J connectivity index is 1.59. The van der Waals surface area contributed by atoms with Gasteiger partial charge >= 0.3 is 0 Å². The summed E-state index contributed by atoms with van der Waals surface area (Å²) in [4.78, 5) is 4.70. The van der Waals surface area contributed by atoms with Crippen LogP contribution >= 0.6 is 0 Å². The lowest BCUT2D eigenvalue weighted by Crippen LogP contribution is -2.47. The second kappa shape index (κ2) is 7.89. The molecule has 0 saturated carbocycles. The van der Waals surface area contributed by atoms with Gasteiger partial charge in [-0.2, -0.15) is 0 Å². The van der Waals surface area contributed by atoms with Crippen LogP contribution in [0.4, 0.5) is 5.69 Å². The number of nitrogens with zero attached hydrogens (tertiary/aromatic N) is 2. The Kier molecular flexibility index (Phi) is 5.61. The van der Waals surface area contributed by atoms with Crippen molar-refractivity contribution < 1.29 is 9.84 Å². The van der Waals surface area contributed by atoms with E-state index in [1.54, 1.807) is 7.11 Å². The average Bonchev–Trinajstić information content (AvgIpc) is 2.62. The fourth-order valence-corrected chi connectivity index (χ4v) is 3.60. The van der Waals surface area contributed by atoms with Crippen molar-refractivity contribution in [3.05, 3.63) is 59.2 Å². The van der Waals surface area contributed by atoms with Crippen LogP contribution in [0.5, 0.6) is 5.75 Å². The molecule has 2 aromatic rings. The number of rotatable bonds is 5. The molecule has 25 heavy (non-hydrogen) atoms.